The minimum absolute atomic E-state index is 0.417. The molecule has 0 saturated heterocycles. The highest BCUT2D eigenvalue weighted by Crippen LogP contribution is 2.17. The molecule has 4 heteroatoms. The summed E-state index contributed by atoms with van der Waals surface area (Å²) in [5, 5.41) is 3.44. The molecule has 3 N–H and O–H groups in total. The van der Waals surface area contributed by atoms with E-state index in [9.17, 15) is 0 Å². The van der Waals surface area contributed by atoms with E-state index in [-0.39, 0.29) is 0 Å². The second kappa shape index (κ2) is 6.76. The predicted molar refractivity (Wildman–Crippen MR) is 78.4 cm³/mol. The van der Waals surface area contributed by atoms with Crippen molar-refractivity contribution in [3.8, 4) is 0 Å². The Hall–Kier alpha value is -0.740. The average Bonchev–Trinajstić information content (AvgIpc) is 2.27. The molecule has 2 nitrogen and oxygen atoms in total. The van der Waals surface area contributed by atoms with Crippen LogP contribution in [0.25, 0.3) is 0 Å². The van der Waals surface area contributed by atoms with Crippen LogP contribution in [-0.2, 0) is 0 Å². The van der Waals surface area contributed by atoms with E-state index in [1.54, 1.807) is 0 Å². The van der Waals surface area contributed by atoms with Crippen molar-refractivity contribution >= 4 is 34.7 Å². The van der Waals surface area contributed by atoms with E-state index in [0.29, 0.717) is 11.0 Å². The van der Waals surface area contributed by atoms with E-state index < -0.39 is 0 Å². The van der Waals surface area contributed by atoms with Gasteiger partial charge in [0, 0.05) is 23.0 Å². The van der Waals surface area contributed by atoms with E-state index in [1.807, 2.05) is 36.0 Å². The van der Waals surface area contributed by atoms with Gasteiger partial charge in [0.1, 0.15) is 4.99 Å². The monoisotopic (exact) mass is 254 g/mol. The van der Waals surface area contributed by atoms with Crippen molar-refractivity contribution in [1.82, 2.24) is 0 Å². The molecule has 0 aliphatic heterocycles. The van der Waals surface area contributed by atoms with Crippen LogP contribution < -0.4 is 11.1 Å². The summed E-state index contributed by atoms with van der Waals surface area (Å²) in [6, 6.07) is 8.32. The SMILES string of the molecule is CCSCC(C)Nc1ccccc1C(N)=S. The lowest BCUT2D eigenvalue weighted by atomic mass is 10.1. The Balaban J connectivity index is 2.69. The van der Waals surface area contributed by atoms with Crippen LogP contribution in [-0.4, -0.2) is 22.5 Å². The Kier molecular flexibility index (Phi) is 5.63. The molecule has 0 amide bonds. The maximum Gasteiger partial charge on any atom is 0.106 e. The van der Waals surface area contributed by atoms with Gasteiger partial charge in [-0.2, -0.15) is 11.8 Å². The normalized spacial score (nSPS) is 12.1. The summed E-state index contributed by atoms with van der Waals surface area (Å²) < 4.78 is 0. The number of nitrogens with one attached hydrogen (secondary N) is 1. The van der Waals surface area contributed by atoms with Crippen LogP contribution in [0.2, 0.25) is 0 Å². The van der Waals surface area contributed by atoms with E-state index in [2.05, 4.69) is 19.2 Å². The van der Waals surface area contributed by atoms with Crippen molar-refractivity contribution in [2.75, 3.05) is 16.8 Å². The fourth-order valence-corrected chi connectivity index (χ4v) is 2.28. The minimum atomic E-state index is 0.417. The number of benzene rings is 1. The first kappa shape index (κ1) is 13.3. The lowest BCUT2D eigenvalue weighted by molar-refractivity contribution is 0.913. The van der Waals surface area contributed by atoms with Crippen LogP contribution in [0.1, 0.15) is 19.4 Å². The van der Waals surface area contributed by atoms with Crippen molar-refractivity contribution < 1.29 is 0 Å². The van der Waals surface area contributed by atoms with Crippen molar-refractivity contribution in [2.24, 2.45) is 5.73 Å². The second-order valence-corrected chi connectivity index (χ2v) is 5.37. The topological polar surface area (TPSA) is 38.0 Å². The Morgan fingerprint density at radius 2 is 2.19 bits per heavy atom. The molecule has 88 valence electrons. The van der Waals surface area contributed by atoms with Crippen molar-refractivity contribution in [2.45, 2.75) is 19.9 Å². The van der Waals surface area contributed by atoms with Gasteiger partial charge in [0.2, 0.25) is 0 Å². The summed E-state index contributed by atoms with van der Waals surface area (Å²) in [6.07, 6.45) is 0. The Labute approximate surface area is 107 Å². The number of hydrogen-bond acceptors (Lipinski definition) is 3. The number of thiocarbonyl (C=S) groups is 1. The molecule has 0 bridgehead atoms. The first-order valence-electron chi connectivity index (χ1n) is 5.38. The molecule has 1 aromatic rings. The van der Waals surface area contributed by atoms with Gasteiger partial charge in [-0.15, -0.1) is 0 Å². The van der Waals surface area contributed by atoms with Gasteiger partial charge in [-0.25, -0.2) is 0 Å². The quantitative estimate of drug-likeness (QED) is 0.766. The summed E-state index contributed by atoms with van der Waals surface area (Å²) in [4.78, 5) is 0.443. The summed E-state index contributed by atoms with van der Waals surface area (Å²) in [7, 11) is 0. The van der Waals surface area contributed by atoms with Gasteiger partial charge in [0.15, 0.2) is 0 Å². The average molecular weight is 254 g/mol. The van der Waals surface area contributed by atoms with Crippen LogP contribution in [0.5, 0.6) is 0 Å². The third-order valence-electron chi connectivity index (χ3n) is 2.17. The molecule has 16 heavy (non-hydrogen) atoms. The van der Waals surface area contributed by atoms with Gasteiger partial charge in [0.05, 0.1) is 0 Å². The molecule has 0 heterocycles. The number of para-hydroxylation sites is 1. The molecular weight excluding hydrogens is 236 g/mol. The van der Waals surface area contributed by atoms with Crippen LogP contribution in [0, 0.1) is 0 Å². The Bertz CT molecular complexity index is 353. The molecule has 0 aromatic heterocycles. The molecule has 0 fully saturated rings. The van der Waals surface area contributed by atoms with Gasteiger partial charge in [-0.3, -0.25) is 0 Å². The van der Waals surface area contributed by atoms with Crippen LogP contribution in [0.4, 0.5) is 5.69 Å². The predicted octanol–water partition coefficient (Wildman–Crippen LogP) is 2.87. The van der Waals surface area contributed by atoms with Crippen LogP contribution in [0.15, 0.2) is 24.3 Å². The van der Waals surface area contributed by atoms with Crippen LogP contribution >= 0.6 is 24.0 Å². The highest BCUT2D eigenvalue weighted by molar-refractivity contribution is 7.99. The number of thioether (sulfide) groups is 1. The fraction of sp³-hybridized carbons (Fsp3) is 0.417. The number of anilines is 1. The van der Waals surface area contributed by atoms with Crippen LogP contribution in [0.3, 0.4) is 0 Å². The standard InChI is InChI=1S/C12H18N2S2/c1-3-16-8-9(2)14-11-7-5-4-6-10(11)12(13)15/h4-7,9,14H,3,8H2,1-2H3,(H2,13,15). The molecular formula is C12H18N2S2. The minimum Gasteiger partial charge on any atom is -0.389 e. The molecule has 0 aliphatic rings. The second-order valence-electron chi connectivity index (χ2n) is 3.61. The van der Waals surface area contributed by atoms with Crippen molar-refractivity contribution in [3.05, 3.63) is 29.8 Å². The highest BCUT2D eigenvalue weighted by atomic mass is 32.2. The Morgan fingerprint density at radius 3 is 2.81 bits per heavy atom. The van der Waals surface area contributed by atoms with Gasteiger partial charge in [0.25, 0.3) is 0 Å². The summed E-state index contributed by atoms with van der Waals surface area (Å²) in [5.74, 6) is 2.23. The van der Waals surface area contributed by atoms with E-state index >= 15 is 0 Å². The van der Waals surface area contributed by atoms with Crippen molar-refractivity contribution in [1.29, 1.82) is 0 Å². The summed E-state index contributed by atoms with van der Waals surface area (Å²) >= 11 is 6.95. The molecule has 1 rings (SSSR count). The fourth-order valence-electron chi connectivity index (χ4n) is 1.43. The summed E-state index contributed by atoms with van der Waals surface area (Å²) in [5.41, 5.74) is 7.63. The van der Waals surface area contributed by atoms with Gasteiger partial charge in [-0.05, 0) is 24.8 Å². The maximum atomic E-state index is 5.68. The van der Waals surface area contributed by atoms with Gasteiger partial charge in [-0.1, -0.05) is 31.3 Å². The molecule has 0 spiro atoms. The first-order chi connectivity index (χ1) is 7.65. The largest absolute Gasteiger partial charge is 0.389 e. The lowest BCUT2D eigenvalue weighted by Gasteiger charge is -2.17. The van der Waals surface area contributed by atoms with Crippen molar-refractivity contribution in [3.63, 3.8) is 0 Å². The smallest absolute Gasteiger partial charge is 0.106 e. The van der Waals surface area contributed by atoms with Gasteiger partial charge >= 0.3 is 0 Å². The Morgan fingerprint density at radius 1 is 1.50 bits per heavy atom. The number of nitrogens with two attached hydrogens (primary N) is 1. The zero-order valence-corrected chi connectivity index (χ0v) is 11.3. The molecule has 1 aromatic carbocycles. The van der Waals surface area contributed by atoms with Gasteiger partial charge < -0.3 is 11.1 Å². The molecule has 0 saturated carbocycles. The zero-order chi connectivity index (χ0) is 12.0. The zero-order valence-electron chi connectivity index (χ0n) is 9.69. The highest BCUT2D eigenvalue weighted by Gasteiger charge is 2.07. The van der Waals surface area contributed by atoms with E-state index in [1.165, 1.54) is 0 Å². The number of hydrogen-bond donors (Lipinski definition) is 2. The first-order valence-corrected chi connectivity index (χ1v) is 6.94. The maximum absolute atomic E-state index is 5.68. The molecule has 0 radical (unpaired) electrons. The summed E-state index contributed by atoms with van der Waals surface area (Å²) in [6.45, 7) is 4.33. The number of rotatable bonds is 6. The van der Waals surface area contributed by atoms with E-state index in [0.717, 1.165) is 22.8 Å². The molecule has 1 atom stereocenters. The third kappa shape index (κ3) is 4.02. The molecule has 1 unspecified atom stereocenters. The molecule has 0 aliphatic carbocycles. The van der Waals surface area contributed by atoms with E-state index in [4.69, 9.17) is 18.0 Å². The lowest BCUT2D eigenvalue weighted by Crippen LogP contribution is -2.21. The third-order valence-corrected chi connectivity index (χ3v) is 3.53.